The maximum atomic E-state index is 11.9. The predicted molar refractivity (Wildman–Crippen MR) is 77.2 cm³/mol. The maximum Gasteiger partial charge on any atom is 0.320 e. The number of hydrogen-bond donors (Lipinski definition) is 1. The van der Waals surface area contributed by atoms with Crippen molar-refractivity contribution in [1.29, 1.82) is 0 Å². The van der Waals surface area contributed by atoms with Gasteiger partial charge in [-0.25, -0.2) is 8.42 Å². The lowest BCUT2D eigenvalue weighted by Gasteiger charge is -2.30. The summed E-state index contributed by atoms with van der Waals surface area (Å²) in [4.78, 5) is 11.9. The highest BCUT2D eigenvalue weighted by molar-refractivity contribution is 7.91. The van der Waals surface area contributed by atoms with Crippen molar-refractivity contribution < 1.29 is 17.9 Å². The molecule has 0 amide bonds. The van der Waals surface area contributed by atoms with Crippen molar-refractivity contribution >= 4 is 15.8 Å². The molecule has 1 N–H and O–H groups in total. The summed E-state index contributed by atoms with van der Waals surface area (Å²) in [5.74, 6) is 0.598. The average Bonchev–Trinajstić information content (AvgIpc) is 2.77. The third-order valence-electron chi connectivity index (χ3n) is 4.41. The molecule has 5 nitrogen and oxygen atoms in total. The van der Waals surface area contributed by atoms with Crippen LogP contribution in [0.25, 0.3) is 0 Å². The highest BCUT2D eigenvalue weighted by Crippen LogP contribution is 2.29. The standard InChI is InChI=1S/C14H25NO4S/c1-2-11-5-3-4-6-13(11)19-14(16)9-15-12-7-8-20(17,18)10-12/h11-13,15H,2-10H2,1H3. The Hall–Kier alpha value is -0.620. The maximum absolute atomic E-state index is 11.9. The van der Waals surface area contributed by atoms with Gasteiger partial charge in [-0.05, 0) is 38.0 Å². The van der Waals surface area contributed by atoms with Crippen LogP contribution in [-0.2, 0) is 19.4 Å². The van der Waals surface area contributed by atoms with Crippen LogP contribution in [0.5, 0.6) is 0 Å². The number of esters is 1. The zero-order valence-corrected chi connectivity index (χ0v) is 13.0. The molecule has 0 aromatic carbocycles. The van der Waals surface area contributed by atoms with Gasteiger partial charge in [0.15, 0.2) is 9.84 Å². The van der Waals surface area contributed by atoms with Crippen molar-refractivity contribution in [2.75, 3.05) is 18.1 Å². The monoisotopic (exact) mass is 303 g/mol. The van der Waals surface area contributed by atoms with Crippen LogP contribution in [0.2, 0.25) is 0 Å². The Balaban J connectivity index is 1.72. The van der Waals surface area contributed by atoms with Gasteiger partial charge < -0.3 is 10.1 Å². The van der Waals surface area contributed by atoms with Gasteiger partial charge in [0.25, 0.3) is 0 Å². The molecule has 1 saturated carbocycles. The Labute approximate surface area is 121 Å². The third kappa shape index (κ3) is 4.45. The number of nitrogens with one attached hydrogen (secondary N) is 1. The van der Waals surface area contributed by atoms with Crippen LogP contribution in [0.1, 0.15) is 45.4 Å². The molecule has 1 aliphatic carbocycles. The van der Waals surface area contributed by atoms with Gasteiger partial charge in [-0.1, -0.05) is 13.3 Å². The van der Waals surface area contributed by atoms with E-state index in [-0.39, 0.29) is 36.2 Å². The lowest BCUT2D eigenvalue weighted by Crippen LogP contribution is -2.38. The number of carbonyl (C=O) groups excluding carboxylic acids is 1. The zero-order chi connectivity index (χ0) is 14.6. The molecule has 0 aromatic heterocycles. The van der Waals surface area contributed by atoms with Crippen molar-refractivity contribution in [3.63, 3.8) is 0 Å². The summed E-state index contributed by atoms with van der Waals surface area (Å²) in [5.41, 5.74) is 0. The highest BCUT2D eigenvalue weighted by atomic mass is 32.2. The first-order chi connectivity index (χ1) is 9.50. The van der Waals surface area contributed by atoms with Crippen LogP contribution >= 0.6 is 0 Å². The summed E-state index contributed by atoms with van der Waals surface area (Å²) in [5, 5.41) is 3.01. The van der Waals surface area contributed by atoms with Crippen LogP contribution in [0, 0.1) is 5.92 Å². The summed E-state index contributed by atoms with van der Waals surface area (Å²) in [6.07, 6.45) is 6.15. The first-order valence-electron chi connectivity index (χ1n) is 7.63. The molecule has 3 unspecified atom stereocenters. The molecule has 1 heterocycles. The van der Waals surface area contributed by atoms with Crippen LogP contribution in [-0.4, -0.2) is 44.6 Å². The van der Waals surface area contributed by atoms with Gasteiger partial charge in [0.05, 0.1) is 18.1 Å². The van der Waals surface area contributed by atoms with Gasteiger partial charge >= 0.3 is 5.97 Å². The first-order valence-corrected chi connectivity index (χ1v) is 9.45. The fourth-order valence-electron chi connectivity index (χ4n) is 3.19. The molecule has 116 valence electrons. The van der Waals surface area contributed by atoms with Crippen molar-refractivity contribution in [3.8, 4) is 0 Å². The molecule has 20 heavy (non-hydrogen) atoms. The van der Waals surface area contributed by atoms with E-state index in [4.69, 9.17) is 4.74 Å². The molecule has 3 atom stereocenters. The summed E-state index contributed by atoms with van der Waals surface area (Å²) >= 11 is 0. The second-order valence-electron chi connectivity index (χ2n) is 5.96. The quantitative estimate of drug-likeness (QED) is 0.775. The van der Waals surface area contributed by atoms with E-state index in [1.165, 1.54) is 6.42 Å². The Kier molecular flexibility index (Phi) is 5.43. The molecule has 0 aromatic rings. The molecule has 0 bridgehead atoms. The molecule has 1 aliphatic heterocycles. The highest BCUT2D eigenvalue weighted by Gasteiger charge is 2.29. The van der Waals surface area contributed by atoms with Crippen molar-refractivity contribution in [1.82, 2.24) is 5.32 Å². The van der Waals surface area contributed by atoms with E-state index in [0.29, 0.717) is 12.3 Å². The Morgan fingerprint density at radius 1 is 1.25 bits per heavy atom. The van der Waals surface area contributed by atoms with E-state index in [1.54, 1.807) is 0 Å². The molecule has 2 aliphatic rings. The molecule has 6 heteroatoms. The normalized spacial score (nSPS) is 33.0. The SMILES string of the molecule is CCC1CCCCC1OC(=O)CNC1CCS(=O)(=O)C1. The minimum Gasteiger partial charge on any atom is -0.461 e. The minimum atomic E-state index is -2.90. The van der Waals surface area contributed by atoms with E-state index in [1.807, 2.05) is 0 Å². The molecule has 0 radical (unpaired) electrons. The lowest BCUT2D eigenvalue weighted by atomic mass is 9.85. The van der Waals surface area contributed by atoms with Gasteiger partial charge in [-0.3, -0.25) is 4.79 Å². The number of carbonyl (C=O) groups is 1. The zero-order valence-electron chi connectivity index (χ0n) is 12.1. The van der Waals surface area contributed by atoms with Crippen LogP contribution in [0.3, 0.4) is 0 Å². The van der Waals surface area contributed by atoms with E-state index >= 15 is 0 Å². The Morgan fingerprint density at radius 2 is 2.00 bits per heavy atom. The number of sulfone groups is 1. The second kappa shape index (κ2) is 6.89. The Bertz CT molecular complexity index is 434. The number of hydrogen-bond acceptors (Lipinski definition) is 5. The van der Waals surface area contributed by atoms with Gasteiger partial charge in [-0.15, -0.1) is 0 Å². The third-order valence-corrected chi connectivity index (χ3v) is 6.18. The van der Waals surface area contributed by atoms with E-state index in [9.17, 15) is 13.2 Å². The minimum absolute atomic E-state index is 0.0513. The van der Waals surface area contributed by atoms with Gasteiger partial charge in [-0.2, -0.15) is 0 Å². The van der Waals surface area contributed by atoms with Crippen molar-refractivity contribution in [2.45, 2.75) is 57.6 Å². The van der Waals surface area contributed by atoms with E-state index in [2.05, 4.69) is 12.2 Å². The molecule has 2 rings (SSSR count). The van der Waals surface area contributed by atoms with Crippen LogP contribution in [0.4, 0.5) is 0 Å². The molecule has 2 fully saturated rings. The van der Waals surface area contributed by atoms with Crippen molar-refractivity contribution in [2.24, 2.45) is 5.92 Å². The number of rotatable bonds is 5. The first kappa shape index (κ1) is 15.8. The smallest absolute Gasteiger partial charge is 0.320 e. The van der Waals surface area contributed by atoms with E-state index in [0.717, 1.165) is 25.7 Å². The summed E-state index contributed by atoms with van der Waals surface area (Å²) < 4.78 is 28.2. The van der Waals surface area contributed by atoms with Gasteiger partial charge in [0.1, 0.15) is 6.10 Å². The summed E-state index contributed by atoms with van der Waals surface area (Å²) in [7, 11) is -2.90. The number of ether oxygens (including phenoxy) is 1. The molecular weight excluding hydrogens is 278 g/mol. The van der Waals surface area contributed by atoms with Crippen LogP contribution in [0.15, 0.2) is 0 Å². The Morgan fingerprint density at radius 3 is 2.65 bits per heavy atom. The summed E-state index contributed by atoms with van der Waals surface area (Å²) in [6, 6.07) is -0.0964. The molecular formula is C14H25NO4S. The van der Waals surface area contributed by atoms with Gasteiger partial charge in [0, 0.05) is 6.04 Å². The topological polar surface area (TPSA) is 72.5 Å². The second-order valence-corrected chi connectivity index (χ2v) is 8.19. The largest absolute Gasteiger partial charge is 0.461 e. The molecule has 0 spiro atoms. The van der Waals surface area contributed by atoms with E-state index < -0.39 is 9.84 Å². The summed E-state index contributed by atoms with van der Waals surface area (Å²) in [6.45, 7) is 2.26. The molecule has 1 saturated heterocycles. The lowest BCUT2D eigenvalue weighted by molar-refractivity contribution is -0.152. The van der Waals surface area contributed by atoms with Gasteiger partial charge in [0.2, 0.25) is 0 Å². The van der Waals surface area contributed by atoms with Crippen molar-refractivity contribution in [3.05, 3.63) is 0 Å². The fourth-order valence-corrected chi connectivity index (χ4v) is 4.90. The van der Waals surface area contributed by atoms with Crippen LogP contribution < -0.4 is 5.32 Å². The fraction of sp³-hybridized carbons (Fsp3) is 0.929. The predicted octanol–water partition coefficient (Wildman–Crippen LogP) is 1.28. The average molecular weight is 303 g/mol.